The minimum Gasteiger partial charge on any atom is -0.392 e. The van der Waals surface area contributed by atoms with E-state index in [1.807, 2.05) is 0 Å². The standard InChI is InChI=1S/C11H14F3NO4S/c12-11(13,14)8-19-6-5-15-20(17,18)10-3-1-9(7-16)2-4-10/h1-4,15-16H,5-8H2. The summed E-state index contributed by atoms with van der Waals surface area (Å²) in [6.07, 6.45) is -4.43. The molecule has 5 nitrogen and oxygen atoms in total. The van der Waals surface area contributed by atoms with Gasteiger partial charge in [0.25, 0.3) is 0 Å². The molecule has 0 atom stereocenters. The molecule has 0 aliphatic rings. The Morgan fingerprint density at radius 3 is 2.30 bits per heavy atom. The molecular formula is C11H14F3NO4S. The number of benzene rings is 1. The highest BCUT2D eigenvalue weighted by Gasteiger charge is 2.27. The average Bonchev–Trinajstić information content (AvgIpc) is 2.37. The Labute approximate surface area is 114 Å². The second-order valence-corrected chi connectivity index (χ2v) is 5.63. The summed E-state index contributed by atoms with van der Waals surface area (Å²) in [5, 5.41) is 8.82. The summed E-state index contributed by atoms with van der Waals surface area (Å²) in [6, 6.07) is 5.47. The molecule has 0 fully saturated rings. The molecule has 2 N–H and O–H groups in total. The lowest BCUT2D eigenvalue weighted by Crippen LogP contribution is -2.29. The van der Waals surface area contributed by atoms with Gasteiger partial charge in [0.2, 0.25) is 10.0 Å². The van der Waals surface area contributed by atoms with Gasteiger partial charge in [-0.2, -0.15) is 13.2 Å². The Balaban J connectivity index is 2.45. The smallest absolute Gasteiger partial charge is 0.392 e. The molecule has 20 heavy (non-hydrogen) atoms. The summed E-state index contributed by atoms with van der Waals surface area (Å²) >= 11 is 0. The fourth-order valence-electron chi connectivity index (χ4n) is 1.29. The van der Waals surface area contributed by atoms with Gasteiger partial charge in [0.05, 0.1) is 18.1 Å². The van der Waals surface area contributed by atoms with Gasteiger partial charge in [-0.25, -0.2) is 13.1 Å². The minimum atomic E-state index is -4.43. The number of nitrogens with one attached hydrogen (secondary N) is 1. The van der Waals surface area contributed by atoms with Crippen LogP contribution in [-0.4, -0.2) is 39.5 Å². The molecule has 1 aromatic rings. The molecule has 0 spiro atoms. The Morgan fingerprint density at radius 1 is 1.20 bits per heavy atom. The van der Waals surface area contributed by atoms with E-state index in [0.29, 0.717) is 5.56 Å². The fraction of sp³-hybridized carbons (Fsp3) is 0.455. The van der Waals surface area contributed by atoms with E-state index in [-0.39, 0.29) is 24.7 Å². The van der Waals surface area contributed by atoms with Crippen molar-refractivity contribution in [2.45, 2.75) is 17.7 Å². The molecule has 1 rings (SSSR count). The summed E-state index contributed by atoms with van der Waals surface area (Å²) in [4.78, 5) is -0.0366. The van der Waals surface area contributed by atoms with E-state index in [1.165, 1.54) is 24.3 Å². The van der Waals surface area contributed by atoms with Crippen molar-refractivity contribution in [1.29, 1.82) is 0 Å². The van der Waals surface area contributed by atoms with E-state index >= 15 is 0 Å². The zero-order valence-electron chi connectivity index (χ0n) is 10.4. The molecule has 0 aliphatic heterocycles. The van der Waals surface area contributed by atoms with E-state index in [0.717, 1.165) is 0 Å². The Bertz CT molecular complexity index is 513. The van der Waals surface area contributed by atoms with Crippen LogP contribution in [0.3, 0.4) is 0 Å². The Kier molecular flexibility index (Phi) is 5.93. The van der Waals surface area contributed by atoms with Crippen molar-refractivity contribution in [3.63, 3.8) is 0 Å². The third kappa shape index (κ3) is 5.87. The van der Waals surface area contributed by atoms with Crippen molar-refractivity contribution >= 4 is 10.0 Å². The van der Waals surface area contributed by atoms with Crippen LogP contribution in [-0.2, 0) is 21.4 Å². The van der Waals surface area contributed by atoms with Crippen molar-refractivity contribution in [3.8, 4) is 0 Å². The molecule has 0 bridgehead atoms. The number of rotatable bonds is 7. The molecule has 0 saturated heterocycles. The number of halogens is 3. The fourth-order valence-corrected chi connectivity index (χ4v) is 2.31. The maximum absolute atomic E-state index is 11.8. The normalized spacial score (nSPS) is 12.6. The van der Waals surface area contributed by atoms with Crippen LogP contribution in [0, 0.1) is 0 Å². The van der Waals surface area contributed by atoms with Crippen molar-refractivity contribution in [3.05, 3.63) is 29.8 Å². The molecular weight excluding hydrogens is 299 g/mol. The van der Waals surface area contributed by atoms with E-state index in [4.69, 9.17) is 5.11 Å². The molecule has 0 unspecified atom stereocenters. The molecule has 0 aromatic heterocycles. The van der Waals surface area contributed by atoms with Gasteiger partial charge in [0.1, 0.15) is 6.61 Å². The van der Waals surface area contributed by atoms with Gasteiger partial charge in [-0.1, -0.05) is 12.1 Å². The number of hydrogen-bond acceptors (Lipinski definition) is 4. The van der Waals surface area contributed by atoms with Crippen LogP contribution in [0.15, 0.2) is 29.2 Å². The zero-order valence-corrected chi connectivity index (χ0v) is 11.2. The molecule has 0 radical (unpaired) electrons. The topological polar surface area (TPSA) is 75.6 Å². The van der Waals surface area contributed by atoms with Crippen molar-refractivity contribution in [1.82, 2.24) is 4.72 Å². The van der Waals surface area contributed by atoms with Crippen LogP contribution in [0.4, 0.5) is 13.2 Å². The summed E-state index contributed by atoms with van der Waals surface area (Å²) in [5.41, 5.74) is 0.553. The molecule has 0 aliphatic carbocycles. The number of aliphatic hydroxyl groups excluding tert-OH is 1. The Morgan fingerprint density at radius 2 is 1.80 bits per heavy atom. The van der Waals surface area contributed by atoms with Crippen LogP contribution in [0.25, 0.3) is 0 Å². The second kappa shape index (κ2) is 7.02. The summed E-state index contributed by atoms with van der Waals surface area (Å²) in [7, 11) is -3.79. The Hall–Kier alpha value is -1.16. The van der Waals surface area contributed by atoms with Crippen molar-refractivity contribution in [2.24, 2.45) is 0 Å². The van der Waals surface area contributed by atoms with Crippen LogP contribution in [0.5, 0.6) is 0 Å². The first kappa shape index (κ1) is 16.9. The number of hydrogen-bond donors (Lipinski definition) is 2. The summed E-state index contributed by atoms with van der Waals surface area (Å²) < 4.78 is 65.2. The third-order valence-corrected chi connectivity index (χ3v) is 3.70. The lowest BCUT2D eigenvalue weighted by atomic mass is 10.2. The monoisotopic (exact) mass is 313 g/mol. The highest BCUT2D eigenvalue weighted by molar-refractivity contribution is 7.89. The highest BCUT2D eigenvalue weighted by atomic mass is 32.2. The van der Waals surface area contributed by atoms with E-state index in [1.54, 1.807) is 0 Å². The van der Waals surface area contributed by atoms with Gasteiger partial charge in [0.15, 0.2) is 0 Å². The van der Waals surface area contributed by atoms with Crippen molar-refractivity contribution < 1.29 is 31.4 Å². The van der Waals surface area contributed by atoms with Crippen molar-refractivity contribution in [2.75, 3.05) is 19.8 Å². The van der Waals surface area contributed by atoms with Gasteiger partial charge in [-0.3, -0.25) is 0 Å². The summed E-state index contributed by atoms with van der Waals surface area (Å²) in [5.74, 6) is 0. The van der Waals surface area contributed by atoms with Gasteiger partial charge in [0, 0.05) is 6.54 Å². The number of sulfonamides is 1. The van der Waals surface area contributed by atoms with Gasteiger partial charge < -0.3 is 9.84 Å². The molecule has 0 amide bonds. The second-order valence-electron chi connectivity index (χ2n) is 3.87. The zero-order chi connectivity index (χ0) is 15.2. The lowest BCUT2D eigenvalue weighted by Gasteiger charge is -2.09. The molecule has 9 heteroatoms. The summed E-state index contributed by atoms with van der Waals surface area (Å²) in [6.45, 7) is -2.27. The quantitative estimate of drug-likeness (QED) is 0.738. The van der Waals surface area contributed by atoms with E-state index < -0.39 is 22.8 Å². The first-order valence-corrected chi connectivity index (χ1v) is 7.07. The van der Waals surface area contributed by atoms with Gasteiger partial charge in [-0.15, -0.1) is 0 Å². The van der Waals surface area contributed by atoms with Crippen LogP contribution in [0.1, 0.15) is 5.56 Å². The first-order valence-electron chi connectivity index (χ1n) is 5.58. The van der Waals surface area contributed by atoms with E-state index in [9.17, 15) is 21.6 Å². The predicted octanol–water partition coefficient (Wildman–Crippen LogP) is 1.04. The number of alkyl halides is 3. The van der Waals surface area contributed by atoms with Gasteiger partial charge in [-0.05, 0) is 17.7 Å². The SMILES string of the molecule is O=S(=O)(NCCOCC(F)(F)F)c1ccc(CO)cc1. The van der Waals surface area contributed by atoms with Gasteiger partial charge >= 0.3 is 6.18 Å². The van der Waals surface area contributed by atoms with Crippen LogP contribution < -0.4 is 4.72 Å². The van der Waals surface area contributed by atoms with Crippen LogP contribution >= 0.6 is 0 Å². The number of aliphatic hydroxyl groups is 1. The average molecular weight is 313 g/mol. The molecule has 0 heterocycles. The third-order valence-electron chi connectivity index (χ3n) is 2.22. The largest absolute Gasteiger partial charge is 0.411 e. The minimum absolute atomic E-state index is 0.0366. The highest BCUT2D eigenvalue weighted by Crippen LogP contribution is 2.14. The first-order chi connectivity index (χ1) is 9.24. The number of ether oxygens (including phenoxy) is 1. The predicted molar refractivity (Wildman–Crippen MR) is 64.4 cm³/mol. The van der Waals surface area contributed by atoms with E-state index in [2.05, 4.69) is 9.46 Å². The lowest BCUT2D eigenvalue weighted by molar-refractivity contribution is -0.173. The maximum Gasteiger partial charge on any atom is 0.411 e. The molecule has 0 saturated carbocycles. The molecule has 1 aromatic carbocycles. The van der Waals surface area contributed by atoms with Crippen LogP contribution in [0.2, 0.25) is 0 Å². The molecule has 114 valence electrons. The maximum atomic E-state index is 11.8.